The Morgan fingerprint density at radius 2 is 1.29 bits per heavy atom. The molecule has 7 heteroatoms. The molecule has 17 heavy (non-hydrogen) atoms. The molecule has 2 fully saturated rings. The molecule has 0 aromatic heterocycles. The number of nitrogens with one attached hydrogen (secondary N) is 1. The Balaban J connectivity index is 0.00000144. The maximum Gasteiger partial charge on any atom is 0.282 e. The highest BCUT2D eigenvalue weighted by molar-refractivity contribution is 7.86. The molecule has 104 valence electrons. The van der Waals surface area contributed by atoms with Crippen LogP contribution in [-0.4, -0.2) is 56.3 Å². The van der Waals surface area contributed by atoms with Crippen LogP contribution in [0.1, 0.15) is 27.1 Å². The summed E-state index contributed by atoms with van der Waals surface area (Å²) in [5.41, 5.74) is 0. The molecule has 0 spiro atoms. The molecule has 0 unspecified atom stereocenters. The highest BCUT2D eigenvalue weighted by Crippen LogP contribution is 2.16. The van der Waals surface area contributed by atoms with Crippen molar-refractivity contribution in [2.75, 3.05) is 39.3 Å². The van der Waals surface area contributed by atoms with Crippen LogP contribution in [0.25, 0.3) is 0 Å². The Kier molecular flexibility index (Phi) is 6.16. The van der Waals surface area contributed by atoms with E-state index in [4.69, 9.17) is 0 Å². The molecule has 0 amide bonds. The minimum atomic E-state index is -3.18. The third kappa shape index (κ3) is 3.79. The lowest BCUT2D eigenvalue weighted by Crippen LogP contribution is -2.51. The van der Waals surface area contributed by atoms with Gasteiger partial charge in [0.2, 0.25) is 0 Å². The Morgan fingerprint density at radius 3 is 1.82 bits per heavy atom. The average Bonchev–Trinajstić information content (AvgIpc) is 2.59. The number of halogens is 1. The molecule has 0 aromatic rings. The molecule has 2 aliphatic heterocycles. The summed E-state index contributed by atoms with van der Waals surface area (Å²) in [5, 5.41) is 3.18. The minimum Gasteiger partial charge on any atom is -0.314 e. The molecule has 0 aliphatic carbocycles. The van der Waals surface area contributed by atoms with Gasteiger partial charge in [0.15, 0.2) is 0 Å². The van der Waals surface area contributed by atoms with Crippen molar-refractivity contribution in [2.24, 2.45) is 0 Å². The predicted molar refractivity (Wildman–Crippen MR) is 72.8 cm³/mol. The van der Waals surface area contributed by atoms with Crippen molar-refractivity contribution in [2.45, 2.75) is 25.7 Å². The molecule has 0 bridgehead atoms. The second-order valence-electron chi connectivity index (χ2n) is 4.47. The Morgan fingerprint density at radius 1 is 0.824 bits per heavy atom. The summed E-state index contributed by atoms with van der Waals surface area (Å²) in [5.74, 6) is 0. The van der Waals surface area contributed by atoms with E-state index in [0.717, 1.165) is 38.8 Å². The zero-order valence-electron chi connectivity index (χ0n) is 10.1. The van der Waals surface area contributed by atoms with Crippen LogP contribution in [0, 0.1) is 0 Å². The summed E-state index contributed by atoms with van der Waals surface area (Å²) in [4.78, 5) is 0. The van der Waals surface area contributed by atoms with Gasteiger partial charge in [-0.2, -0.15) is 17.0 Å². The molecule has 0 saturated carbocycles. The fourth-order valence-electron chi connectivity index (χ4n) is 2.31. The van der Waals surface area contributed by atoms with Gasteiger partial charge in [-0.1, -0.05) is 12.8 Å². The van der Waals surface area contributed by atoms with Gasteiger partial charge in [-0.05, 0) is 12.8 Å². The summed E-state index contributed by atoms with van der Waals surface area (Å²) in [7, 11) is -3.18. The first-order chi connectivity index (χ1) is 7.71. The number of piperazine rings is 1. The number of hydrogen-bond donors (Lipinski definition) is 1. The normalized spacial score (nSPS) is 24.9. The molecule has 2 rings (SSSR count). The maximum atomic E-state index is 12.3. The summed E-state index contributed by atoms with van der Waals surface area (Å²) >= 11 is 0. The second kappa shape index (κ2) is 6.89. The van der Waals surface area contributed by atoms with Gasteiger partial charge in [-0.25, -0.2) is 0 Å². The summed E-state index contributed by atoms with van der Waals surface area (Å²) in [6.07, 6.45) is 4.33. The van der Waals surface area contributed by atoms with Crippen LogP contribution < -0.4 is 5.32 Å². The van der Waals surface area contributed by atoms with Crippen molar-refractivity contribution in [3.8, 4) is 0 Å². The smallest absolute Gasteiger partial charge is 0.282 e. The summed E-state index contributed by atoms with van der Waals surface area (Å²) in [6, 6.07) is 0. The van der Waals surface area contributed by atoms with Crippen LogP contribution in [0.2, 0.25) is 0 Å². The van der Waals surface area contributed by atoms with E-state index in [-0.39, 0.29) is 13.8 Å². The van der Waals surface area contributed by atoms with Crippen molar-refractivity contribution in [3.63, 3.8) is 0 Å². The fraction of sp³-hybridized carbons (Fsp3) is 1.00. The van der Waals surface area contributed by atoms with Crippen LogP contribution in [0.5, 0.6) is 0 Å². The Hall–Kier alpha value is 0.120. The van der Waals surface area contributed by atoms with Gasteiger partial charge in [0, 0.05) is 40.7 Å². The van der Waals surface area contributed by atoms with Gasteiger partial charge < -0.3 is 5.32 Å². The van der Waals surface area contributed by atoms with Gasteiger partial charge in [-0.15, -0.1) is 12.4 Å². The summed E-state index contributed by atoms with van der Waals surface area (Å²) < 4.78 is 27.9. The third-order valence-corrected chi connectivity index (χ3v) is 5.33. The molecular weight excluding hydrogens is 262 g/mol. The van der Waals surface area contributed by atoms with Crippen molar-refractivity contribution >= 4 is 22.6 Å². The van der Waals surface area contributed by atoms with Crippen molar-refractivity contribution in [1.82, 2.24) is 13.9 Å². The van der Waals surface area contributed by atoms with Gasteiger partial charge >= 0.3 is 0 Å². The summed E-state index contributed by atoms with van der Waals surface area (Å²) in [6.45, 7) is 4.16. The predicted octanol–water partition coefficient (Wildman–Crippen LogP) is 0.680. The van der Waals surface area contributed by atoms with E-state index >= 15 is 0 Å². The van der Waals surface area contributed by atoms with E-state index in [1.807, 2.05) is 0 Å². The fourth-order valence-corrected chi connectivity index (χ4v) is 4.00. The molecular formula is C10H24ClN3O2S. The molecule has 2 aliphatic rings. The molecule has 0 aromatic carbocycles. The van der Waals surface area contributed by atoms with Gasteiger partial charge in [0.25, 0.3) is 10.2 Å². The molecule has 0 radical (unpaired) electrons. The van der Waals surface area contributed by atoms with Crippen molar-refractivity contribution < 1.29 is 9.84 Å². The lowest BCUT2D eigenvalue weighted by Gasteiger charge is -2.31. The van der Waals surface area contributed by atoms with Crippen LogP contribution in [0.4, 0.5) is 0 Å². The Labute approximate surface area is 112 Å². The maximum absolute atomic E-state index is 12.3. The van der Waals surface area contributed by atoms with E-state index in [1.165, 1.54) is 0 Å². The van der Waals surface area contributed by atoms with E-state index in [0.29, 0.717) is 26.2 Å². The first kappa shape index (κ1) is 15.2. The monoisotopic (exact) mass is 285 g/mol. The SMILES string of the molecule is Cl.O=S(=O)(N1CCCCCC1)N1CCNCC1.[HH]. The molecule has 5 nitrogen and oxygen atoms in total. The van der Waals surface area contributed by atoms with Crippen LogP contribution in [0.3, 0.4) is 0 Å². The van der Waals surface area contributed by atoms with Crippen molar-refractivity contribution in [3.05, 3.63) is 0 Å². The molecule has 2 saturated heterocycles. The highest BCUT2D eigenvalue weighted by Gasteiger charge is 2.30. The Bertz CT molecular complexity index is 315. The van der Waals surface area contributed by atoms with Crippen LogP contribution in [0.15, 0.2) is 0 Å². The van der Waals surface area contributed by atoms with Gasteiger partial charge in [-0.3, -0.25) is 0 Å². The average molecular weight is 286 g/mol. The number of nitrogens with zero attached hydrogens (tertiary/aromatic N) is 2. The quantitative estimate of drug-likeness (QED) is 0.812. The molecule has 2 heterocycles. The zero-order chi connectivity index (χ0) is 11.4. The minimum absolute atomic E-state index is 0. The lowest BCUT2D eigenvalue weighted by atomic mass is 10.2. The van der Waals surface area contributed by atoms with E-state index in [2.05, 4.69) is 5.32 Å². The van der Waals surface area contributed by atoms with Gasteiger partial charge in [0.05, 0.1) is 0 Å². The van der Waals surface area contributed by atoms with E-state index in [9.17, 15) is 8.42 Å². The second-order valence-corrected chi connectivity index (χ2v) is 6.40. The van der Waals surface area contributed by atoms with Crippen LogP contribution >= 0.6 is 12.4 Å². The van der Waals surface area contributed by atoms with Gasteiger partial charge in [0.1, 0.15) is 0 Å². The number of hydrogen-bond acceptors (Lipinski definition) is 3. The standard InChI is InChI=1S/C10H21N3O2S.ClH.H2/c14-16(15,13-9-5-11-6-10-13)12-7-3-1-2-4-8-12;;/h11H,1-10H2;2*1H. The van der Waals surface area contributed by atoms with E-state index < -0.39 is 10.2 Å². The largest absolute Gasteiger partial charge is 0.314 e. The van der Waals surface area contributed by atoms with Crippen LogP contribution in [-0.2, 0) is 10.2 Å². The lowest BCUT2D eigenvalue weighted by molar-refractivity contribution is 0.314. The zero-order valence-corrected chi connectivity index (χ0v) is 11.7. The molecule has 0 atom stereocenters. The van der Waals surface area contributed by atoms with Crippen molar-refractivity contribution in [1.29, 1.82) is 0 Å². The number of rotatable bonds is 2. The first-order valence-corrected chi connectivity index (χ1v) is 7.57. The highest BCUT2D eigenvalue weighted by atomic mass is 35.5. The topological polar surface area (TPSA) is 52.7 Å². The third-order valence-electron chi connectivity index (χ3n) is 3.29. The first-order valence-electron chi connectivity index (χ1n) is 6.17. The molecule has 1 N–H and O–H groups in total. The van der Waals surface area contributed by atoms with E-state index in [1.54, 1.807) is 8.61 Å².